The quantitative estimate of drug-likeness (QED) is 0.542. The number of thiocarbonyl (C=S) groups is 1. The summed E-state index contributed by atoms with van der Waals surface area (Å²) in [5.41, 5.74) is 0. The van der Waals surface area contributed by atoms with Crippen LogP contribution in [0.5, 0.6) is 0 Å². The highest BCUT2D eigenvalue weighted by molar-refractivity contribution is 8.24. The Bertz CT molecular complexity index is 252. The SMILES string of the molecule is C=C(O)CN1C(=O)C(C)SC1=S. The summed E-state index contributed by atoms with van der Waals surface area (Å²) >= 11 is 6.26. The summed E-state index contributed by atoms with van der Waals surface area (Å²) in [6, 6.07) is 0. The Kier molecular flexibility index (Phi) is 2.74. The fourth-order valence-electron chi connectivity index (χ4n) is 0.900. The van der Waals surface area contributed by atoms with E-state index in [2.05, 4.69) is 6.58 Å². The highest BCUT2D eigenvalue weighted by Gasteiger charge is 2.33. The molecule has 0 saturated carbocycles. The molecule has 0 spiro atoms. The first-order chi connectivity index (χ1) is 5.52. The van der Waals surface area contributed by atoms with Gasteiger partial charge in [-0.05, 0) is 6.92 Å². The number of rotatable bonds is 2. The van der Waals surface area contributed by atoms with Crippen molar-refractivity contribution < 1.29 is 9.90 Å². The molecule has 1 amide bonds. The van der Waals surface area contributed by atoms with Crippen molar-refractivity contribution in [2.75, 3.05) is 6.54 Å². The van der Waals surface area contributed by atoms with Gasteiger partial charge in [0.2, 0.25) is 5.91 Å². The number of thioether (sulfide) groups is 1. The van der Waals surface area contributed by atoms with Crippen molar-refractivity contribution in [3.63, 3.8) is 0 Å². The number of hydrogen-bond donors (Lipinski definition) is 1. The lowest BCUT2D eigenvalue weighted by atomic mass is 10.4. The van der Waals surface area contributed by atoms with Crippen LogP contribution in [0.2, 0.25) is 0 Å². The molecule has 0 aliphatic carbocycles. The van der Waals surface area contributed by atoms with E-state index in [1.807, 2.05) is 0 Å². The van der Waals surface area contributed by atoms with Gasteiger partial charge in [-0.1, -0.05) is 30.6 Å². The van der Waals surface area contributed by atoms with Gasteiger partial charge in [0.25, 0.3) is 0 Å². The minimum atomic E-state index is -0.128. The second kappa shape index (κ2) is 3.45. The van der Waals surface area contributed by atoms with Crippen LogP contribution in [0.15, 0.2) is 12.3 Å². The van der Waals surface area contributed by atoms with E-state index in [1.165, 1.54) is 16.7 Å². The predicted octanol–water partition coefficient (Wildman–Crippen LogP) is 1.31. The van der Waals surface area contributed by atoms with Gasteiger partial charge in [-0.15, -0.1) is 0 Å². The number of carbonyl (C=O) groups is 1. The fourth-order valence-corrected chi connectivity index (χ4v) is 2.30. The standard InChI is InChI=1S/C7H9NO2S2/c1-4(9)3-8-6(10)5(2)12-7(8)11/h5,9H,1,3H2,2H3. The molecule has 0 aromatic rings. The van der Waals surface area contributed by atoms with Crippen molar-refractivity contribution in [1.29, 1.82) is 0 Å². The first kappa shape index (κ1) is 9.54. The first-order valence-electron chi connectivity index (χ1n) is 3.41. The van der Waals surface area contributed by atoms with Gasteiger partial charge in [-0.3, -0.25) is 9.69 Å². The zero-order chi connectivity index (χ0) is 9.30. The lowest BCUT2D eigenvalue weighted by Gasteiger charge is -2.13. The third-order valence-corrected chi connectivity index (χ3v) is 2.94. The number of amides is 1. The lowest BCUT2D eigenvalue weighted by Crippen LogP contribution is -2.32. The van der Waals surface area contributed by atoms with Crippen molar-refractivity contribution in [2.24, 2.45) is 0 Å². The molecule has 66 valence electrons. The molecule has 1 rings (SSSR count). The van der Waals surface area contributed by atoms with Gasteiger partial charge in [0, 0.05) is 0 Å². The van der Waals surface area contributed by atoms with E-state index in [4.69, 9.17) is 17.3 Å². The van der Waals surface area contributed by atoms with Crippen molar-refractivity contribution in [1.82, 2.24) is 4.90 Å². The smallest absolute Gasteiger partial charge is 0.241 e. The molecule has 1 aliphatic heterocycles. The maximum absolute atomic E-state index is 11.3. The third-order valence-electron chi connectivity index (χ3n) is 1.45. The second-order valence-electron chi connectivity index (χ2n) is 2.52. The molecule has 5 heteroatoms. The van der Waals surface area contributed by atoms with Crippen LogP contribution in [-0.2, 0) is 4.79 Å². The Hall–Kier alpha value is -0.550. The molecular formula is C7H9NO2S2. The monoisotopic (exact) mass is 203 g/mol. The van der Waals surface area contributed by atoms with E-state index in [1.54, 1.807) is 6.92 Å². The van der Waals surface area contributed by atoms with Crippen molar-refractivity contribution in [3.8, 4) is 0 Å². The topological polar surface area (TPSA) is 40.5 Å². The van der Waals surface area contributed by atoms with Crippen LogP contribution in [0, 0.1) is 0 Å². The number of hydrogen-bond acceptors (Lipinski definition) is 4. The fraction of sp³-hybridized carbons (Fsp3) is 0.429. The predicted molar refractivity (Wildman–Crippen MR) is 53.1 cm³/mol. The van der Waals surface area contributed by atoms with E-state index in [0.717, 1.165) is 0 Å². The Morgan fingerprint density at radius 1 is 1.92 bits per heavy atom. The van der Waals surface area contributed by atoms with Gasteiger partial charge in [-0.25, -0.2) is 0 Å². The molecule has 1 saturated heterocycles. The normalized spacial score (nSPS) is 23.4. The molecule has 0 aromatic heterocycles. The number of aliphatic hydroxyl groups is 1. The number of aliphatic hydroxyl groups excluding tert-OH is 1. The third kappa shape index (κ3) is 1.78. The van der Waals surface area contributed by atoms with E-state index in [0.29, 0.717) is 4.32 Å². The van der Waals surface area contributed by atoms with E-state index >= 15 is 0 Å². The van der Waals surface area contributed by atoms with Crippen LogP contribution in [0.4, 0.5) is 0 Å². The van der Waals surface area contributed by atoms with Crippen LogP contribution >= 0.6 is 24.0 Å². The molecular weight excluding hydrogens is 194 g/mol. The Labute approximate surface area is 80.4 Å². The molecule has 1 N–H and O–H groups in total. The first-order valence-corrected chi connectivity index (χ1v) is 4.70. The maximum Gasteiger partial charge on any atom is 0.241 e. The van der Waals surface area contributed by atoms with Gasteiger partial charge in [0.15, 0.2) is 0 Å². The van der Waals surface area contributed by atoms with Gasteiger partial charge in [0.05, 0.1) is 11.8 Å². The van der Waals surface area contributed by atoms with Gasteiger partial charge in [-0.2, -0.15) is 0 Å². The van der Waals surface area contributed by atoms with Crippen LogP contribution in [0.3, 0.4) is 0 Å². The zero-order valence-electron chi connectivity index (χ0n) is 6.61. The summed E-state index contributed by atoms with van der Waals surface area (Å²) in [5, 5.41) is 8.75. The molecule has 0 radical (unpaired) electrons. The molecule has 1 unspecified atom stereocenters. The molecule has 0 aromatic carbocycles. The van der Waals surface area contributed by atoms with Crippen LogP contribution in [0.25, 0.3) is 0 Å². The average molecular weight is 203 g/mol. The van der Waals surface area contributed by atoms with E-state index in [-0.39, 0.29) is 23.5 Å². The summed E-state index contributed by atoms with van der Waals surface area (Å²) in [7, 11) is 0. The molecule has 12 heavy (non-hydrogen) atoms. The lowest BCUT2D eigenvalue weighted by molar-refractivity contribution is -0.125. The van der Waals surface area contributed by atoms with Crippen LogP contribution < -0.4 is 0 Å². The van der Waals surface area contributed by atoms with Gasteiger partial charge >= 0.3 is 0 Å². The Morgan fingerprint density at radius 2 is 2.50 bits per heavy atom. The van der Waals surface area contributed by atoms with Gasteiger partial charge in [0.1, 0.15) is 10.1 Å². The largest absolute Gasteiger partial charge is 0.511 e. The van der Waals surface area contributed by atoms with Crippen molar-refractivity contribution in [3.05, 3.63) is 12.3 Å². The van der Waals surface area contributed by atoms with E-state index < -0.39 is 0 Å². The number of nitrogens with zero attached hydrogens (tertiary/aromatic N) is 1. The summed E-state index contributed by atoms with van der Waals surface area (Å²) in [6.07, 6.45) is 0. The molecule has 3 nitrogen and oxygen atoms in total. The minimum Gasteiger partial charge on any atom is -0.511 e. The highest BCUT2D eigenvalue weighted by Crippen LogP contribution is 2.26. The average Bonchev–Trinajstić information content (AvgIpc) is 2.16. The molecule has 0 bridgehead atoms. The Morgan fingerprint density at radius 3 is 2.83 bits per heavy atom. The minimum absolute atomic E-state index is 0.0413. The Balaban J connectivity index is 2.70. The zero-order valence-corrected chi connectivity index (χ0v) is 8.24. The van der Waals surface area contributed by atoms with Crippen molar-refractivity contribution in [2.45, 2.75) is 12.2 Å². The summed E-state index contributed by atoms with van der Waals surface area (Å²) in [6.45, 7) is 5.22. The van der Waals surface area contributed by atoms with Crippen molar-refractivity contribution >= 4 is 34.2 Å². The maximum atomic E-state index is 11.3. The van der Waals surface area contributed by atoms with Gasteiger partial charge < -0.3 is 5.11 Å². The molecule has 1 aliphatic rings. The van der Waals surface area contributed by atoms with E-state index in [9.17, 15) is 4.79 Å². The number of carbonyl (C=O) groups excluding carboxylic acids is 1. The summed E-state index contributed by atoms with van der Waals surface area (Å²) in [4.78, 5) is 12.7. The molecule has 1 atom stereocenters. The highest BCUT2D eigenvalue weighted by atomic mass is 32.2. The molecule has 1 heterocycles. The summed E-state index contributed by atoms with van der Waals surface area (Å²) < 4.78 is 0.516. The second-order valence-corrected chi connectivity index (χ2v) is 4.49. The summed E-state index contributed by atoms with van der Waals surface area (Å²) in [5.74, 6) is -0.0967. The van der Waals surface area contributed by atoms with Crippen LogP contribution in [0.1, 0.15) is 6.92 Å². The molecule has 1 fully saturated rings. The van der Waals surface area contributed by atoms with Crippen LogP contribution in [-0.4, -0.2) is 32.0 Å².